The van der Waals surface area contributed by atoms with Crippen molar-refractivity contribution in [1.82, 2.24) is 0 Å². The Balaban J connectivity index is 5.24. The van der Waals surface area contributed by atoms with Crippen LogP contribution in [0.15, 0.2) is 12.7 Å². The fourth-order valence-electron chi connectivity index (χ4n) is 1.67. The second kappa shape index (κ2) is 4.25. The summed E-state index contributed by atoms with van der Waals surface area (Å²) in [5.41, 5.74) is 0. The van der Waals surface area contributed by atoms with Gasteiger partial charge in [0.05, 0.1) is 21.0 Å². The number of hydrogen-bond acceptors (Lipinski definition) is 2. The molecule has 0 saturated heterocycles. The first-order chi connectivity index (χ1) is 6.45. The van der Waals surface area contributed by atoms with Gasteiger partial charge in [-0.1, -0.05) is 45.9 Å². The number of hydrogen-bond donors (Lipinski definition) is 0. The Bertz CT molecular complexity index is 245. The van der Waals surface area contributed by atoms with E-state index in [4.69, 9.17) is 4.74 Å². The van der Waals surface area contributed by atoms with Gasteiger partial charge in [0.25, 0.3) is 0 Å². The highest BCUT2D eigenvalue weighted by Gasteiger charge is 2.51. The summed E-state index contributed by atoms with van der Waals surface area (Å²) in [4.78, 5) is 11.2. The minimum Gasteiger partial charge on any atom is -0.464 e. The Morgan fingerprint density at radius 2 is 1.47 bits per heavy atom. The van der Waals surface area contributed by atoms with Crippen LogP contribution in [0.3, 0.4) is 0 Å². The van der Waals surface area contributed by atoms with Gasteiger partial charge >= 0.3 is 5.97 Å². The molecule has 0 N–H and O–H groups in total. The molecule has 0 aliphatic rings. The molecule has 15 heavy (non-hydrogen) atoms. The Morgan fingerprint density at radius 3 is 1.67 bits per heavy atom. The molecule has 0 rings (SSSR count). The van der Waals surface area contributed by atoms with Gasteiger partial charge < -0.3 is 4.74 Å². The molecule has 0 aliphatic carbocycles. The fraction of sp³-hybridized carbons (Fsp3) is 0.727. The Kier molecular flexibility index (Phi) is 4.15. The van der Waals surface area contributed by atoms with Gasteiger partial charge in [-0.2, -0.15) is 0 Å². The third kappa shape index (κ3) is 3.05. The highest BCUT2D eigenvalue weighted by atomic mass is 28.4. The van der Waals surface area contributed by atoms with Crippen molar-refractivity contribution in [3.63, 3.8) is 0 Å². The van der Waals surface area contributed by atoms with Crippen LogP contribution in [0.1, 0.15) is 6.92 Å². The van der Waals surface area contributed by atoms with E-state index in [0.29, 0.717) is 0 Å². The van der Waals surface area contributed by atoms with E-state index in [1.54, 1.807) is 0 Å². The van der Waals surface area contributed by atoms with Crippen molar-refractivity contribution in [1.29, 1.82) is 0 Å². The Hall–Kier alpha value is -0.356. The van der Waals surface area contributed by atoms with Crippen LogP contribution in [0.4, 0.5) is 0 Å². The van der Waals surface area contributed by atoms with Crippen LogP contribution in [0.5, 0.6) is 0 Å². The first kappa shape index (κ1) is 14.6. The van der Waals surface area contributed by atoms with Crippen LogP contribution in [-0.4, -0.2) is 27.0 Å². The molecule has 0 atom stereocenters. The summed E-state index contributed by atoms with van der Waals surface area (Å²) >= 11 is 0. The monoisotopic (exact) mass is 244 g/mol. The summed E-state index contributed by atoms with van der Waals surface area (Å²) in [5, 5.41) is 0. The number of carbonyl (C=O) groups excluding carboxylic acids is 1. The zero-order valence-corrected chi connectivity index (χ0v) is 13.1. The van der Waals surface area contributed by atoms with Gasteiger partial charge in [0, 0.05) is 6.08 Å². The molecule has 0 aromatic rings. The molecule has 88 valence electrons. The minimum atomic E-state index is -1.55. The summed E-state index contributed by atoms with van der Waals surface area (Å²) in [6, 6.07) is 0. The zero-order valence-electron chi connectivity index (χ0n) is 11.1. The van der Waals surface area contributed by atoms with E-state index in [-0.39, 0.29) is 10.8 Å². The zero-order chi connectivity index (χ0) is 12.5. The number of rotatable bonds is 4. The van der Waals surface area contributed by atoms with Crippen LogP contribution in [0.25, 0.3) is 0 Å². The normalized spacial score (nSPS) is 13.5. The molecule has 0 saturated carbocycles. The molecule has 0 spiro atoms. The summed E-state index contributed by atoms with van der Waals surface area (Å²) in [7, 11) is -3.11. The second-order valence-electron chi connectivity index (χ2n) is 6.16. The molecule has 0 fully saturated rings. The van der Waals surface area contributed by atoms with Crippen molar-refractivity contribution in [2.24, 2.45) is 0 Å². The quantitative estimate of drug-likeness (QED) is 0.431. The standard InChI is InChI=1S/C11H24O2Si2/c1-9-10(12)13-11(2,14(3,4)5)15(6,7)8/h9H,1H2,2-8H3. The van der Waals surface area contributed by atoms with E-state index < -0.39 is 16.1 Å². The highest BCUT2D eigenvalue weighted by Crippen LogP contribution is 2.34. The van der Waals surface area contributed by atoms with Crippen LogP contribution >= 0.6 is 0 Å². The number of esters is 1. The molecule has 2 nitrogen and oxygen atoms in total. The third-order valence-electron chi connectivity index (χ3n) is 3.33. The predicted molar refractivity (Wildman–Crippen MR) is 71.4 cm³/mol. The molecular formula is C11H24O2Si2. The van der Waals surface area contributed by atoms with Crippen molar-refractivity contribution in [2.75, 3.05) is 0 Å². The van der Waals surface area contributed by atoms with Crippen LogP contribution < -0.4 is 0 Å². The van der Waals surface area contributed by atoms with Crippen LogP contribution in [0, 0.1) is 0 Å². The molecule has 0 aromatic heterocycles. The van der Waals surface area contributed by atoms with Crippen LogP contribution in [-0.2, 0) is 9.53 Å². The SMILES string of the molecule is C=CC(=O)OC(C)([Si](C)(C)C)[Si](C)(C)C. The van der Waals surface area contributed by atoms with Gasteiger partial charge in [0.15, 0.2) is 0 Å². The smallest absolute Gasteiger partial charge is 0.330 e. The minimum absolute atomic E-state index is 0.245. The average Bonchev–Trinajstić information content (AvgIpc) is 1.99. The summed E-state index contributed by atoms with van der Waals surface area (Å²) < 4.78 is 5.68. The molecule has 0 aliphatic heterocycles. The maximum absolute atomic E-state index is 11.4. The lowest BCUT2D eigenvalue weighted by Crippen LogP contribution is -2.66. The Morgan fingerprint density at radius 1 is 1.13 bits per heavy atom. The van der Waals surface area contributed by atoms with Crippen molar-refractivity contribution in [3.05, 3.63) is 12.7 Å². The molecular weight excluding hydrogens is 220 g/mol. The predicted octanol–water partition coefficient (Wildman–Crippen LogP) is 3.23. The van der Waals surface area contributed by atoms with Crippen LogP contribution in [0.2, 0.25) is 39.3 Å². The first-order valence-corrected chi connectivity index (χ1v) is 12.3. The second-order valence-corrected chi connectivity index (χ2v) is 17.6. The van der Waals surface area contributed by atoms with Gasteiger partial charge in [-0.3, -0.25) is 0 Å². The van der Waals surface area contributed by atoms with Crippen molar-refractivity contribution < 1.29 is 9.53 Å². The lowest BCUT2D eigenvalue weighted by molar-refractivity contribution is -0.141. The number of ether oxygens (including phenoxy) is 1. The molecule has 0 bridgehead atoms. The molecule has 0 heterocycles. The Labute approximate surface area is 95.7 Å². The summed E-state index contributed by atoms with van der Waals surface area (Å²) in [6.07, 6.45) is 1.26. The molecule has 0 radical (unpaired) electrons. The molecule has 4 heteroatoms. The summed E-state index contributed by atoms with van der Waals surface area (Å²) in [5.74, 6) is -0.289. The highest BCUT2D eigenvalue weighted by molar-refractivity contribution is 6.98. The summed E-state index contributed by atoms with van der Waals surface area (Å²) in [6.45, 7) is 19.1. The van der Waals surface area contributed by atoms with E-state index >= 15 is 0 Å². The molecule has 0 aromatic carbocycles. The number of carbonyl (C=O) groups is 1. The van der Waals surface area contributed by atoms with E-state index in [2.05, 4.69) is 52.8 Å². The van der Waals surface area contributed by atoms with Gasteiger partial charge in [-0.15, -0.1) is 0 Å². The first-order valence-electron chi connectivity index (χ1n) is 5.31. The average molecular weight is 244 g/mol. The maximum atomic E-state index is 11.4. The van der Waals surface area contributed by atoms with Crippen molar-refractivity contribution in [3.8, 4) is 0 Å². The van der Waals surface area contributed by atoms with Gasteiger partial charge in [0.1, 0.15) is 0 Å². The van der Waals surface area contributed by atoms with E-state index in [1.165, 1.54) is 6.08 Å². The van der Waals surface area contributed by atoms with Crippen molar-refractivity contribution >= 4 is 22.1 Å². The van der Waals surface area contributed by atoms with Gasteiger partial charge in [-0.05, 0) is 6.92 Å². The molecule has 0 amide bonds. The van der Waals surface area contributed by atoms with E-state index in [1.807, 2.05) is 0 Å². The largest absolute Gasteiger partial charge is 0.464 e. The third-order valence-corrected chi connectivity index (χ3v) is 13.8. The lowest BCUT2D eigenvalue weighted by atomic mass is 10.6. The molecule has 0 unspecified atom stereocenters. The van der Waals surface area contributed by atoms with E-state index in [9.17, 15) is 4.79 Å². The lowest BCUT2D eigenvalue weighted by Gasteiger charge is -2.48. The maximum Gasteiger partial charge on any atom is 0.330 e. The van der Waals surface area contributed by atoms with Crippen molar-refractivity contribution in [2.45, 2.75) is 51.1 Å². The van der Waals surface area contributed by atoms with E-state index in [0.717, 1.165) is 0 Å². The van der Waals surface area contributed by atoms with Gasteiger partial charge in [-0.25, -0.2) is 4.79 Å². The topological polar surface area (TPSA) is 26.3 Å². The van der Waals surface area contributed by atoms with Gasteiger partial charge in [0.2, 0.25) is 0 Å². The fourth-order valence-corrected chi connectivity index (χ4v) is 11.5.